The highest BCUT2D eigenvalue weighted by Gasteiger charge is 2.13. The molecule has 14 heavy (non-hydrogen) atoms. The van der Waals surface area contributed by atoms with Crippen LogP contribution in [0.1, 0.15) is 32.6 Å². The fourth-order valence-electron chi connectivity index (χ4n) is 1.66. The average Bonchev–Trinajstić information content (AvgIpc) is 2.19. The molecule has 0 aromatic heterocycles. The van der Waals surface area contributed by atoms with Gasteiger partial charge >= 0.3 is 0 Å². The lowest BCUT2D eigenvalue weighted by Crippen LogP contribution is -2.37. The van der Waals surface area contributed by atoms with Gasteiger partial charge in [-0.3, -0.25) is 0 Å². The number of sulfonamides is 1. The molecule has 0 spiro atoms. The second kappa shape index (κ2) is 5.68. The molecule has 0 aliphatic carbocycles. The van der Waals surface area contributed by atoms with Crippen LogP contribution < -0.4 is 10.0 Å². The van der Waals surface area contributed by atoms with Crippen molar-refractivity contribution in [2.45, 2.75) is 38.6 Å². The van der Waals surface area contributed by atoms with Crippen LogP contribution in [-0.2, 0) is 10.0 Å². The van der Waals surface area contributed by atoms with Gasteiger partial charge in [-0.05, 0) is 32.7 Å². The summed E-state index contributed by atoms with van der Waals surface area (Å²) < 4.78 is 24.8. The molecule has 0 amide bonds. The van der Waals surface area contributed by atoms with E-state index in [0.717, 1.165) is 13.0 Å². The molecule has 0 saturated carbocycles. The number of hydrogen-bond donors (Lipinski definition) is 2. The Morgan fingerprint density at radius 2 is 2.21 bits per heavy atom. The normalized spacial score (nSPS) is 23.6. The Morgan fingerprint density at radius 1 is 1.43 bits per heavy atom. The summed E-state index contributed by atoms with van der Waals surface area (Å²) in [6, 6.07) is 0.503. The Kier molecular flexibility index (Phi) is 4.84. The predicted molar refractivity (Wildman–Crippen MR) is 57.7 cm³/mol. The quantitative estimate of drug-likeness (QED) is 0.707. The second-order valence-electron chi connectivity index (χ2n) is 3.73. The van der Waals surface area contributed by atoms with Crippen molar-refractivity contribution >= 4 is 10.0 Å². The Hall–Kier alpha value is -0.130. The third-order valence-electron chi connectivity index (χ3n) is 2.61. The highest BCUT2D eigenvalue weighted by atomic mass is 32.2. The zero-order valence-electron chi connectivity index (χ0n) is 8.75. The van der Waals surface area contributed by atoms with Gasteiger partial charge in [0.25, 0.3) is 0 Å². The van der Waals surface area contributed by atoms with E-state index in [-0.39, 0.29) is 5.75 Å². The standard InChI is InChI=1S/C9H20N2O2S/c1-2-14(12,13)11-8-6-9-5-3-4-7-10-9/h9-11H,2-8H2,1H3. The van der Waals surface area contributed by atoms with E-state index < -0.39 is 10.0 Å². The van der Waals surface area contributed by atoms with Crippen molar-refractivity contribution in [3.63, 3.8) is 0 Å². The number of rotatable bonds is 5. The Balaban J connectivity index is 2.14. The topological polar surface area (TPSA) is 58.2 Å². The van der Waals surface area contributed by atoms with Crippen LogP contribution in [-0.4, -0.2) is 33.3 Å². The van der Waals surface area contributed by atoms with Crippen LogP contribution in [0.25, 0.3) is 0 Å². The van der Waals surface area contributed by atoms with E-state index >= 15 is 0 Å². The highest BCUT2D eigenvalue weighted by molar-refractivity contribution is 7.89. The van der Waals surface area contributed by atoms with Crippen LogP contribution in [0.4, 0.5) is 0 Å². The molecule has 2 N–H and O–H groups in total. The average molecular weight is 220 g/mol. The minimum Gasteiger partial charge on any atom is -0.314 e. The lowest BCUT2D eigenvalue weighted by atomic mass is 10.0. The number of nitrogens with one attached hydrogen (secondary N) is 2. The van der Waals surface area contributed by atoms with Gasteiger partial charge in [-0.1, -0.05) is 6.42 Å². The summed E-state index contributed by atoms with van der Waals surface area (Å²) in [6.45, 7) is 3.29. The molecule has 1 aliphatic heterocycles. The molecule has 1 atom stereocenters. The molecule has 84 valence electrons. The van der Waals surface area contributed by atoms with Crippen molar-refractivity contribution in [2.75, 3.05) is 18.8 Å². The summed E-state index contributed by atoms with van der Waals surface area (Å²) in [4.78, 5) is 0. The lowest BCUT2D eigenvalue weighted by molar-refractivity contribution is 0.383. The van der Waals surface area contributed by atoms with E-state index in [2.05, 4.69) is 10.0 Å². The van der Waals surface area contributed by atoms with Crippen molar-refractivity contribution in [3.8, 4) is 0 Å². The molecule has 4 nitrogen and oxygen atoms in total. The van der Waals surface area contributed by atoms with Crippen molar-refractivity contribution < 1.29 is 8.42 Å². The van der Waals surface area contributed by atoms with Gasteiger partial charge in [-0.15, -0.1) is 0 Å². The van der Waals surface area contributed by atoms with Crippen LogP contribution in [0.3, 0.4) is 0 Å². The smallest absolute Gasteiger partial charge is 0.211 e. The lowest BCUT2D eigenvalue weighted by Gasteiger charge is -2.23. The Morgan fingerprint density at radius 3 is 2.79 bits per heavy atom. The fraction of sp³-hybridized carbons (Fsp3) is 1.00. The largest absolute Gasteiger partial charge is 0.314 e. The summed E-state index contributed by atoms with van der Waals surface area (Å²) >= 11 is 0. The van der Waals surface area contributed by atoms with E-state index in [1.54, 1.807) is 6.92 Å². The molecule has 1 unspecified atom stereocenters. The summed E-state index contributed by atoms with van der Waals surface area (Å²) in [5, 5.41) is 3.39. The molecular formula is C9H20N2O2S. The first-order valence-electron chi connectivity index (χ1n) is 5.35. The van der Waals surface area contributed by atoms with Crippen LogP contribution >= 0.6 is 0 Å². The first kappa shape index (κ1) is 11.9. The summed E-state index contributed by atoms with van der Waals surface area (Å²) in [5.74, 6) is 0.172. The van der Waals surface area contributed by atoms with Crippen molar-refractivity contribution in [3.05, 3.63) is 0 Å². The third-order valence-corrected chi connectivity index (χ3v) is 4.01. The first-order chi connectivity index (χ1) is 6.64. The molecule has 1 aliphatic rings. The minimum atomic E-state index is -3.00. The SMILES string of the molecule is CCS(=O)(=O)NCCC1CCCCN1. The van der Waals surface area contributed by atoms with Crippen LogP contribution in [0.2, 0.25) is 0 Å². The first-order valence-corrected chi connectivity index (χ1v) is 7.00. The predicted octanol–water partition coefficient (Wildman–Crippen LogP) is 0.458. The van der Waals surface area contributed by atoms with E-state index in [0.29, 0.717) is 12.6 Å². The van der Waals surface area contributed by atoms with Gasteiger partial charge in [0.2, 0.25) is 10.0 Å². The van der Waals surface area contributed by atoms with Crippen molar-refractivity contribution in [1.82, 2.24) is 10.0 Å². The van der Waals surface area contributed by atoms with E-state index in [1.807, 2.05) is 0 Å². The van der Waals surface area contributed by atoms with Crippen LogP contribution in [0.5, 0.6) is 0 Å². The van der Waals surface area contributed by atoms with Crippen LogP contribution in [0, 0.1) is 0 Å². The molecule has 0 radical (unpaired) electrons. The maximum atomic E-state index is 11.1. The zero-order chi connectivity index (χ0) is 10.4. The van der Waals surface area contributed by atoms with E-state index in [9.17, 15) is 8.42 Å². The molecule has 0 aromatic carbocycles. The van der Waals surface area contributed by atoms with E-state index in [4.69, 9.17) is 0 Å². The van der Waals surface area contributed by atoms with Gasteiger partial charge in [-0.25, -0.2) is 13.1 Å². The van der Waals surface area contributed by atoms with Gasteiger partial charge < -0.3 is 5.32 Å². The number of hydrogen-bond acceptors (Lipinski definition) is 3. The summed E-state index contributed by atoms with van der Waals surface area (Å²) in [6.07, 6.45) is 4.59. The Bertz CT molecular complexity index is 246. The molecule has 1 rings (SSSR count). The number of piperidine rings is 1. The molecule has 1 fully saturated rings. The van der Waals surface area contributed by atoms with E-state index in [1.165, 1.54) is 19.3 Å². The third kappa shape index (κ3) is 4.39. The molecular weight excluding hydrogens is 200 g/mol. The van der Waals surface area contributed by atoms with Gasteiger partial charge in [0.05, 0.1) is 5.75 Å². The molecule has 5 heteroatoms. The summed E-state index contributed by atoms with van der Waals surface area (Å²) in [7, 11) is -3.00. The molecule has 0 bridgehead atoms. The van der Waals surface area contributed by atoms with Gasteiger partial charge in [0.1, 0.15) is 0 Å². The van der Waals surface area contributed by atoms with Gasteiger partial charge in [0.15, 0.2) is 0 Å². The zero-order valence-corrected chi connectivity index (χ0v) is 9.57. The maximum Gasteiger partial charge on any atom is 0.211 e. The molecule has 0 aromatic rings. The Labute approximate surface area is 86.5 Å². The van der Waals surface area contributed by atoms with Crippen LogP contribution in [0.15, 0.2) is 0 Å². The van der Waals surface area contributed by atoms with Gasteiger partial charge in [-0.2, -0.15) is 0 Å². The van der Waals surface area contributed by atoms with Gasteiger partial charge in [0, 0.05) is 12.6 Å². The summed E-state index contributed by atoms with van der Waals surface area (Å²) in [5.41, 5.74) is 0. The monoisotopic (exact) mass is 220 g/mol. The van der Waals surface area contributed by atoms with Crippen molar-refractivity contribution in [1.29, 1.82) is 0 Å². The highest BCUT2D eigenvalue weighted by Crippen LogP contribution is 2.09. The molecule has 1 heterocycles. The molecule has 1 saturated heterocycles. The fourth-order valence-corrected chi connectivity index (χ4v) is 2.29. The maximum absolute atomic E-state index is 11.1. The second-order valence-corrected chi connectivity index (χ2v) is 5.83. The van der Waals surface area contributed by atoms with Crippen molar-refractivity contribution in [2.24, 2.45) is 0 Å². The minimum absolute atomic E-state index is 0.172.